The fourth-order valence-electron chi connectivity index (χ4n) is 1.81. The number of nitro benzene ring substituents is 1. The number of phenols is 1. The van der Waals surface area contributed by atoms with Crippen LogP contribution in [0.15, 0.2) is 46.0 Å². The molecule has 0 heterocycles. The number of aromatic hydroxyl groups is 1. The number of nitro groups is 1. The van der Waals surface area contributed by atoms with Gasteiger partial charge in [0.1, 0.15) is 0 Å². The number of carbonyl (C=O) groups excluding carboxylic acids is 1. The Morgan fingerprint density at radius 3 is 2.62 bits per heavy atom. The Labute approximate surface area is 145 Å². The van der Waals surface area contributed by atoms with E-state index in [2.05, 4.69) is 26.5 Å². The zero-order chi connectivity index (χ0) is 17.7. The van der Waals surface area contributed by atoms with Crippen LogP contribution in [-0.2, 0) is 0 Å². The van der Waals surface area contributed by atoms with Crippen LogP contribution in [0.2, 0.25) is 0 Å². The summed E-state index contributed by atoms with van der Waals surface area (Å²) in [5.41, 5.74) is 2.72. The molecule has 0 aliphatic carbocycles. The number of hydrazone groups is 1. The normalized spacial score (nSPS) is 10.6. The number of amides is 1. The lowest BCUT2D eigenvalue weighted by Gasteiger charge is -2.06. The van der Waals surface area contributed by atoms with Gasteiger partial charge in [0.25, 0.3) is 11.6 Å². The Bertz CT molecular complexity index is 806. The predicted molar refractivity (Wildman–Crippen MR) is 90.5 cm³/mol. The minimum absolute atomic E-state index is 0.110. The van der Waals surface area contributed by atoms with E-state index in [1.807, 2.05) is 0 Å². The topological polar surface area (TPSA) is 114 Å². The molecule has 0 atom stereocenters. The van der Waals surface area contributed by atoms with Crippen molar-refractivity contribution in [2.24, 2.45) is 5.10 Å². The molecule has 0 aromatic heterocycles. The smallest absolute Gasteiger partial charge is 0.271 e. The zero-order valence-electron chi connectivity index (χ0n) is 12.4. The molecule has 0 aliphatic rings. The lowest BCUT2D eigenvalue weighted by atomic mass is 10.2. The number of halogens is 1. The van der Waals surface area contributed by atoms with Gasteiger partial charge in [-0.3, -0.25) is 14.9 Å². The Balaban J connectivity index is 2.10. The molecule has 0 fully saturated rings. The number of rotatable bonds is 5. The van der Waals surface area contributed by atoms with Crippen molar-refractivity contribution < 1.29 is 19.6 Å². The van der Waals surface area contributed by atoms with Crippen LogP contribution in [0.5, 0.6) is 11.5 Å². The summed E-state index contributed by atoms with van der Waals surface area (Å²) >= 11 is 3.27. The van der Waals surface area contributed by atoms with E-state index in [-0.39, 0.29) is 22.7 Å². The number of nitrogens with one attached hydrogen (secondary N) is 1. The van der Waals surface area contributed by atoms with E-state index in [1.54, 1.807) is 12.1 Å². The third-order valence-electron chi connectivity index (χ3n) is 3.00. The molecule has 24 heavy (non-hydrogen) atoms. The van der Waals surface area contributed by atoms with E-state index in [0.29, 0.717) is 10.0 Å². The molecule has 0 saturated carbocycles. The molecule has 124 valence electrons. The molecule has 2 N–H and O–H groups in total. The SMILES string of the molecule is COc1cc(Br)cc(/C=N\NC(=O)c2ccc([N+](=O)[O-])cc2)c1O. The molecule has 0 saturated heterocycles. The highest BCUT2D eigenvalue weighted by Gasteiger charge is 2.10. The Hall–Kier alpha value is -2.94. The maximum atomic E-state index is 11.9. The quantitative estimate of drug-likeness (QED) is 0.460. The second-order valence-electron chi connectivity index (χ2n) is 4.55. The summed E-state index contributed by atoms with van der Waals surface area (Å²) in [6.45, 7) is 0. The van der Waals surface area contributed by atoms with Gasteiger partial charge in [0.2, 0.25) is 0 Å². The van der Waals surface area contributed by atoms with Crippen LogP contribution in [0.25, 0.3) is 0 Å². The summed E-state index contributed by atoms with van der Waals surface area (Å²) in [7, 11) is 1.42. The van der Waals surface area contributed by atoms with Crippen molar-refractivity contribution in [2.45, 2.75) is 0 Å². The maximum absolute atomic E-state index is 11.9. The van der Waals surface area contributed by atoms with Crippen molar-refractivity contribution in [1.82, 2.24) is 5.43 Å². The Kier molecular flexibility index (Phi) is 5.48. The molecule has 0 unspecified atom stereocenters. The molecule has 2 rings (SSSR count). The average Bonchev–Trinajstić information content (AvgIpc) is 2.57. The molecule has 2 aromatic rings. The number of hydrogen-bond acceptors (Lipinski definition) is 6. The summed E-state index contributed by atoms with van der Waals surface area (Å²) in [6, 6.07) is 8.28. The van der Waals surface area contributed by atoms with Crippen molar-refractivity contribution in [2.75, 3.05) is 7.11 Å². The van der Waals surface area contributed by atoms with E-state index in [9.17, 15) is 20.0 Å². The average molecular weight is 394 g/mol. The highest BCUT2D eigenvalue weighted by atomic mass is 79.9. The molecule has 8 nitrogen and oxygen atoms in total. The van der Waals surface area contributed by atoms with Crippen LogP contribution < -0.4 is 10.2 Å². The summed E-state index contributed by atoms with van der Waals surface area (Å²) in [6.07, 6.45) is 1.26. The van der Waals surface area contributed by atoms with E-state index < -0.39 is 10.8 Å². The molecule has 0 bridgehead atoms. The largest absolute Gasteiger partial charge is 0.504 e. The monoisotopic (exact) mass is 393 g/mol. The minimum Gasteiger partial charge on any atom is -0.504 e. The summed E-state index contributed by atoms with van der Waals surface area (Å²) in [5, 5.41) is 24.3. The summed E-state index contributed by atoms with van der Waals surface area (Å²) in [5.74, 6) is -0.399. The molecule has 0 aliphatic heterocycles. The Morgan fingerprint density at radius 1 is 1.38 bits per heavy atom. The zero-order valence-corrected chi connectivity index (χ0v) is 14.0. The fourth-order valence-corrected chi connectivity index (χ4v) is 2.26. The van der Waals surface area contributed by atoms with Gasteiger partial charge in [-0.05, 0) is 24.3 Å². The molecule has 1 amide bonds. The van der Waals surface area contributed by atoms with Crippen molar-refractivity contribution in [3.05, 3.63) is 62.1 Å². The van der Waals surface area contributed by atoms with Gasteiger partial charge in [-0.25, -0.2) is 5.43 Å². The number of benzene rings is 2. The lowest BCUT2D eigenvalue weighted by molar-refractivity contribution is -0.384. The van der Waals surface area contributed by atoms with Crippen LogP contribution >= 0.6 is 15.9 Å². The van der Waals surface area contributed by atoms with Crippen LogP contribution in [0, 0.1) is 10.1 Å². The summed E-state index contributed by atoms with van der Waals surface area (Å²) in [4.78, 5) is 21.9. The van der Waals surface area contributed by atoms with E-state index in [0.717, 1.165) is 0 Å². The Morgan fingerprint density at radius 2 is 2.04 bits per heavy atom. The predicted octanol–water partition coefficient (Wildman–Crippen LogP) is 2.84. The van der Waals surface area contributed by atoms with Gasteiger partial charge in [0, 0.05) is 27.7 Å². The second-order valence-corrected chi connectivity index (χ2v) is 5.46. The highest BCUT2D eigenvalue weighted by molar-refractivity contribution is 9.10. The first-order valence-corrected chi connectivity index (χ1v) is 7.36. The molecule has 2 aromatic carbocycles. The number of nitrogens with zero attached hydrogens (tertiary/aromatic N) is 2. The molecular formula is C15H12BrN3O5. The van der Waals surface area contributed by atoms with Gasteiger partial charge in [-0.2, -0.15) is 5.10 Å². The van der Waals surface area contributed by atoms with Gasteiger partial charge in [-0.15, -0.1) is 0 Å². The first-order chi connectivity index (χ1) is 11.4. The van der Waals surface area contributed by atoms with Crippen LogP contribution in [0.3, 0.4) is 0 Å². The minimum atomic E-state index is -0.552. The molecule has 0 radical (unpaired) electrons. The van der Waals surface area contributed by atoms with Gasteiger partial charge in [0.05, 0.1) is 18.2 Å². The van der Waals surface area contributed by atoms with Gasteiger partial charge in [0.15, 0.2) is 11.5 Å². The molecule has 9 heteroatoms. The third kappa shape index (κ3) is 4.07. The van der Waals surface area contributed by atoms with Crippen molar-refractivity contribution in [3.63, 3.8) is 0 Å². The molecular weight excluding hydrogens is 382 g/mol. The standard InChI is InChI=1S/C15H12BrN3O5/c1-24-13-7-11(16)6-10(14(13)20)8-17-18-15(21)9-2-4-12(5-3-9)19(22)23/h2-8,20H,1H3,(H,18,21)/b17-8-. The van der Waals surface area contributed by atoms with Gasteiger partial charge in [-0.1, -0.05) is 15.9 Å². The van der Waals surface area contributed by atoms with Crippen molar-refractivity contribution >= 4 is 33.7 Å². The summed E-state index contributed by atoms with van der Waals surface area (Å²) < 4.78 is 5.68. The number of ether oxygens (including phenoxy) is 1. The number of carbonyl (C=O) groups is 1. The number of methoxy groups -OCH3 is 1. The third-order valence-corrected chi connectivity index (χ3v) is 3.46. The maximum Gasteiger partial charge on any atom is 0.271 e. The number of phenolic OH excluding ortho intramolecular Hbond substituents is 1. The van der Waals surface area contributed by atoms with Gasteiger partial charge >= 0.3 is 0 Å². The van der Waals surface area contributed by atoms with E-state index in [1.165, 1.54) is 37.6 Å². The van der Waals surface area contributed by atoms with Crippen LogP contribution in [0.4, 0.5) is 5.69 Å². The first kappa shape index (κ1) is 17.4. The lowest BCUT2D eigenvalue weighted by Crippen LogP contribution is -2.17. The van der Waals surface area contributed by atoms with E-state index >= 15 is 0 Å². The van der Waals surface area contributed by atoms with Gasteiger partial charge < -0.3 is 9.84 Å². The van der Waals surface area contributed by atoms with Crippen LogP contribution in [-0.4, -0.2) is 29.3 Å². The second kappa shape index (κ2) is 7.55. The van der Waals surface area contributed by atoms with Crippen molar-refractivity contribution in [1.29, 1.82) is 0 Å². The highest BCUT2D eigenvalue weighted by Crippen LogP contribution is 2.32. The first-order valence-electron chi connectivity index (χ1n) is 6.56. The number of non-ortho nitro benzene ring substituents is 1. The fraction of sp³-hybridized carbons (Fsp3) is 0.0667. The van der Waals surface area contributed by atoms with Crippen LogP contribution in [0.1, 0.15) is 15.9 Å². The number of hydrogen-bond donors (Lipinski definition) is 2. The van der Waals surface area contributed by atoms with E-state index in [4.69, 9.17) is 4.74 Å². The molecule has 0 spiro atoms. The van der Waals surface area contributed by atoms with Crippen molar-refractivity contribution in [3.8, 4) is 11.5 Å².